The minimum Gasteiger partial charge on any atom is -0.497 e. The third-order valence-corrected chi connectivity index (χ3v) is 4.98. The molecule has 4 nitrogen and oxygen atoms in total. The molecular weight excluding hydrogens is 342 g/mol. The van der Waals surface area contributed by atoms with Crippen LogP contribution in [0.3, 0.4) is 0 Å². The Morgan fingerprint density at radius 2 is 1.73 bits per heavy atom. The number of hydrogen-bond acceptors (Lipinski definition) is 5. The summed E-state index contributed by atoms with van der Waals surface area (Å²) in [4.78, 5) is 5.51. The predicted molar refractivity (Wildman–Crippen MR) is 110 cm³/mol. The Labute approximate surface area is 158 Å². The summed E-state index contributed by atoms with van der Waals surface area (Å²) in [6.45, 7) is 6.66. The van der Waals surface area contributed by atoms with Gasteiger partial charge in [-0.2, -0.15) is 5.10 Å². The van der Waals surface area contributed by atoms with Crippen molar-refractivity contribution in [1.29, 1.82) is 0 Å². The fourth-order valence-electron chi connectivity index (χ4n) is 2.45. The molecule has 0 aliphatic heterocycles. The van der Waals surface area contributed by atoms with Gasteiger partial charge in [0, 0.05) is 6.20 Å². The lowest BCUT2D eigenvalue weighted by Gasteiger charge is -2.18. The number of thiazole rings is 1. The standard InChI is InChI=1S/C21H23N3OS/c1-21(2,3)17-9-7-16(8-10-17)19-14-22-20(26-19)24-23-13-15-5-11-18(25-4)12-6-15/h5-14H,1-4H3,(H,22,24)/b23-13+. The third-order valence-electron chi connectivity index (χ3n) is 4.03. The van der Waals surface area contributed by atoms with Crippen LogP contribution in [0.2, 0.25) is 0 Å². The number of rotatable bonds is 5. The number of anilines is 1. The molecule has 0 bridgehead atoms. The summed E-state index contributed by atoms with van der Waals surface area (Å²) in [5.41, 5.74) is 6.64. The first kappa shape index (κ1) is 18.1. The van der Waals surface area contributed by atoms with Crippen LogP contribution < -0.4 is 10.2 Å². The highest BCUT2D eigenvalue weighted by molar-refractivity contribution is 7.18. The van der Waals surface area contributed by atoms with Crippen molar-refractivity contribution in [3.05, 3.63) is 65.9 Å². The summed E-state index contributed by atoms with van der Waals surface area (Å²) in [6.07, 6.45) is 3.64. The molecule has 0 atom stereocenters. The molecule has 26 heavy (non-hydrogen) atoms. The van der Waals surface area contributed by atoms with Gasteiger partial charge in [0.2, 0.25) is 5.13 Å². The Kier molecular flexibility index (Phi) is 5.38. The molecule has 0 fully saturated rings. The lowest BCUT2D eigenvalue weighted by molar-refractivity contribution is 0.415. The maximum atomic E-state index is 5.15. The Bertz CT molecular complexity index is 875. The van der Waals surface area contributed by atoms with Crippen molar-refractivity contribution < 1.29 is 4.74 Å². The van der Waals surface area contributed by atoms with Gasteiger partial charge in [0.15, 0.2) is 0 Å². The summed E-state index contributed by atoms with van der Waals surface area (Å²) in [7, 11) is 1.65. The van der Waals surface area contributed by atoms with Gasteiger partial charge in [-0.05, 0) is 46.4 Å². The molecule has 5 heteroatoms. The first-order valence-corrected chi connectivity index (χ1v) is 9.27. The number of hydrazone groups is 1. The van der Waals surface area contributed by atoms with E-state index in [9.17, 15) is 0 Å². The van der Waals surface area contributed by atoms with E-state index >= 15 is 0 Å². The highest BCUT2D eigenvalue weighted by Gasteiger charge is 2.13. The van der Waals surface area contributed by atoms with Crippen LogP contribution in [-0.4, -0.2) is 18.3 Å². The number of aromatic nitrogens is 1. The summed E-state index contributed by atoms with van der Waals surface area (Å²) in [6, 6.07) is 16.4. The van der Waals surface area contributed by atoms with Crippen molar-refractivity contribution in [2.45, 2.75) is 26.2 Å². The summed E-state index contributed by atoms with van der Waals surface area (Å²) in [5.74, 6) is 0.831. The minimum atomic E-state index is 0.162. The zero-order valence-corrected chi connectivity index (χ0v) is 16.3. The first-order valence-electron chi connectivity index (χ1n) is 8.45. The topological polar surface area (TPSA) is 46.5 Å². The number of nitrogens with one attached hydrogen (secondary N) is 1. The summed E-state index contributed by atoms with van der Waals surface area (Å²) >= 11 is 1.58. The molecule has 0 saturated carbocycles. The monoisotopic (exact) mass is 365 g/mol. The fraction of sp³-hybridized carbons (Fsp3) is 0.238. The molecule has 0 aliphatic rings. The Morgan fingerprint density at radius 3 is 2.35 bits per heavy atom. The molecule has 0 saturated heterocycles. The molecule has 2 aromatic carbocycles. The molecule has 0 spiro atoms. The van der Waals surface area contributed by atoms with Crippen LogP contribution in [0, 0.1) is 0 Å². The zero-order valence-electron chi connectivity index (χ0n) is 15.5. The van der Waals surface area contributed by atoms with Crippen LogP contribution in [-0.2, 0) is 5.41 Å². The van der Waals surface area contributed by atoms with Gasteiger partial charge in [0.25, 0.3) is 0 Å². The summed E-state index contributed by atoms with van der Waals surface area (Å²) < 4.78 is 5.15. The van der Waals surface area contributed by atoms with Gasteiger partial charge in [-0.1, -0.05) is 56.4 Å². The summed E-state index contributed by atoms with van der Waals surface area (Å²) in [5, 5.41) is 5.02. The van der Waals surface area contributed by atoms with E-state index in [1.54, 1.807) is 24.7 Å². The van der Waals surface area contributed by atoms with Gasteiger partial charge in [0.1, 0.15) is 5.75 Å². The van der Waals surface area contributed by atoms with Gasteiger partial charge < -0.3 is 4.74 Å². The Morgan fingerprint density at radius 1 is 1.04 bits per heavy atom. The average Bonchev–Trinajstić information content (AvgIpc) is 3.11. The lowest BCUT2D eigenvalue weighted by atomic mass is 9.87. The smallest absolute Gasteiger partial charge is 0.203 e. The van der Waals surface area contributed by atoms with E-state index in [1.807, 2.05) is 30.5 Å². The van der Waals surface area contributed by atoms with Crippen LogP contribution >= 0.6 is 11.3 Å². The lowest BCUT2D eigenvalue weighted by Crippen LogP contribution is -2.10. The molecule has 1 aromatic heterocycles. The van der Waals surface area contributed by atoms with Crippen LogP contribution in [0.4, 0.5) is 5.13 Å². The largest absolute Gasteiger partial charge is 0.497 e. The van der Waals surface area contributed by atoms with Gasteiger partial charge >= 0.3 is 0 Å². The number of benzene rings is 2. The first-order chi connectivity index (χ1) is 12.5. The molecule has 0 radical (unpaired) electrons. The van der Waals surface area contributed by atoms with E-state index in [0.29, 0.717) is 0 Å². The van der Waals surface area contributed by atoms with Crippen molar-refractivity contribution in [1.82, 2.24) is 4.98 Å². The van der Waals surface area contributed by atoms with E-state index in [-0.39, 0.29) is 5.41 Å². The van der Waals surface area contributed by atoms with Crippen molar-refractivity contribution in [2.24, 2.45) is 5.10 Å². The second-order valence-electron chi connectivity index (χ2n) is 7.00. The van der Waals surface area contributed by atoms with Gasteiger partial charge in [-0.25, -0.2) is 4.98 Å². The second kappa shape index (κ2) is 7.70. The SMILES string of the molecule is COc1ccc(/C=N/Nc2ncc(-c3ccc(C(C)(C)C)cc3)s2)cc1. The molecular formula is C21H23N3OS. The van der Waals surface area contributed by atoms with Crippen LogP contribution in [0.15, 0.2) is 59.8 Å². The molecule has 3 aromatic rings. The average molecular weight is 366 g/mol. The second-order valence-corrected chi connectivity index (χ2v) is 8.03. The van der Waals surface area contributed by atoms with E-state index < -0.39 is 0 Å². The number of hydrogen-bond donors (Lipinski definition) is 1. The van der Waals surface area contributed by atoms with E-state index in [2.05, 4.69) is 60.5 Å². The Balaban J connectivity index is 1.65. The maximum Gasteiger partial charge on any atom is 0.203 e. The Hall–Kier alpha value is -2.66. The van der Waals surface area contributed by atoms with E-state index in [1.165, 1.54) is 11.1 Å². The zero-order chi connectivity index (χ0) is 18.6. The van der Waals surface area contributed by atoms with Crippen LogP contribution in [0.25, 0.3) is 10.4 Å². The number of ether oxygens (including phenoxy) is 1. The predicted octanol–water partition coefficient (Wildman–Crippen LogP) is 5.56. The minimum absolute atomic E-state index is 0.162. The molecule has 134 valence electrons. The van der Waals surface area contributed by atoms with Crippen LogP contribution in [0.5, 0.6) is 5.75 Å². The fourth-order valence-corrected chi connectivity index (χ4v) is 3.22. The van der Waals surface area contributed by atoms with Crippen molar-refractivity contribution >= 4 is 22.7 Å². The highest BCUT2D eigenvalue weighted by atomic mass is 32.1. The quantitative estimate of drug-likeness (QED) is 0.475. The van der Waals surface area contributed by atoms with Crippen molar-refractivity contribution in [3.8, 4) is 16.2 Å². The molecule has 1 N–H and O–H groups in total. The normalized spacial score (nSPS) is 11.7. The van der Waals surface area contributed by atoms with Crippen LogP contribution in [0.1, 0.15) is 31.9 Å². The number of methoxy groups -OCH3 is 1. The van der Waals surface area contributed by atoms with E-state index in [0.717, 1.165) is 21.3 Å². The third kappa shape index (κ3) is 4.49. The maximum absolute atomic E-state index is 5.15. The highest BCUT2D eigenvalue weighted by Crippen LogP contribution is 2.31. The van der Waals surface area contributed by atoms with Crippen molar-refractivity contribution in [3.63, 3.8) is 0 Å². The molecule has 3 rings (SSSR count). The van der Waals surface area contributed by atoms with Gasteiger partial charge in [-0.3, -0.25) is 5.43 Å². The van der Waals surface area contributed by atoms with Crippen molar-refractivity contribution in [2.75, 3.05) is 12.5 Å². The van der Waals surface area contributed by atoms with E-state index in [4.69, 9.17) is 4.74 Å². The molecule has 0 aliphatic carbocycles. The van der Waals surface area contributed by atoms with Gasteiger partial charge in [-0.15, -0.1) is 0 Å². The molecule has 0 amide bonds. The van der Waals surface area contributed by atoms with Gasteiger partial charge in [0.05, 0.1) is 18.2 Å². The molecule has 1 heterocycles. The molecule has 0 unspecified atom stereocenters. The number of nitrogens with zero attached hydrogens (tertiary/aromatic N) is 2.